The van der Waals surface area contributed by atoms with E-state index in [1.54, 1.807) is 0 Å². The number of thiophene rings is 1. The molecule has 0 aliphatic carbocycles. The van der Waals surface area contributed by atoms with Crippen LogP contribution in [0.15, 0.2) is 9.85 Å². The zero-order chi connectivity index (χ0) is 8.65. The van der Waals surface area contributed by atoms with Gasteiger partial charge in [0.2, 0.25) is 0 Å². The lowest BCUT2D eigenvalue weighted by Crippen LogP contribution is -2.07. The first-order valence-corrected chi connectivity index (χ1v) is 6.05. The summed E-state index contributed by atoms with van der Waals surface area (Å²) in [6.45, 7) is 6.71. The minimum atomic E-state index is 0.288. The lowest BCUT2D eigenvalue weighted by atomic mass is 9.95. The van der Waals surface area contributed by atoms with Crippen LogP contribution in [0.5, 0.6) is 0 Å². The van der Waals surface area contributed by atoms with Gasteiger partial charge in [-0.2, -0.15) is 0 Å². The van der Waals surface area contributed by atoms with Crippen molar-refractivity contribution < 1.29 is 0 Å². The fraction of sp³-hybridized carbons (Fsp3) is 0.500. The van der Waals surface area contributed by atoms with Crippen LogP contribution in [0, 0.1) is 3.57 Å². The lowest BCUT2D eigenvalue weighted by molar-refractivity contribution is 0.604. The third kappa shape index (κ3) is 2.42. The van der Waals surface area contributed by atoms with Crippen molar-refractivity contribution in [3.63, 3.8) is 0 Å². The monoisotopic (exact) mass is 344 g/mol. The van der Waals surface area contributed by atoms with Crippen LogP contribution in [-0.4, -0.2) is 0 Å². The van der Waals surface area contributed by atoms with Crippen LogP contribution in [0.1, 0.15) is 25.6 Å². The van der Waals surface area contributed by atoms with E-state index < -0.39 is 0 Å². The Labute approximate surface area is 93.7 Å². The van der Waals surface area contributed by atoms with E-state index in [1.807, 2.05) is 11.3 Å². The van der Waals surface area contributed by atoms with E-state index in [2.05, 4.69) is 65.4 Å². The van der Waals surface area contributed by atoms with Crippen molar-refractivity contribution in [2.24, 2.45) is 0 Å². The minimum absolute atomic E-state index is 0.288. The summed E-state index contributed by atoms with van der Waals surface area (Å²) in [7, 11) is 0. The topological polar surface area (TPSA) is 0 Å². The van der Waals surface area contributed by atoms with Crippen LogP contribution in [0.3, 0.4) is 0 Å². The first-order chi connectivity index (χ1) is 4.91. The second-order valence-corrected chi connectivity index (χ2v) is 7.01. The van der Waals surface area contributed by atoms with E-state index in [0.717, 1.165) is 0 Å². The first kappa shape index (κ1) is 9.99. The molecule has 1 aromatic rings. The standard InChI is InChI=1S/C8H10BrIS/c1-8(2,3)6-4-5(10)7(9)11-6/h4H,1-3H3. The van der Waals surface area contributed by atoms with Gasteiger partial charge in [0, 0.05) is 8.45 Å². The predicted molar refractivity (Wildman–Crippen MR) is 63.4 cm³/mol. The van der Waals surface area contributed by atoms with E-state index >= 15 is 0 Å². The van der Waals surface area contributed by atoms with Crippen LogP contribution in [-0.2, 0) is 5.41 Å². The molecule has 0 bridgehead atoms. The number of halogens is 2. The Balaban J connectivity index is 3.08. The third-order valence-electron chi connectivity index (χ3n) is 1.38. The molecule has 0 aliphatic heterocycles. The highest BCUT2D eigenvalue weighted by atomic mass is 127. The summed E-state index contributed by atoms with van der Waals surface area (Å²) in [5, 5.41) is 0. The van der Waals surface area contributed by atoms with E-state index in [-0.39, 0.29) is 5.41 Å². The Morgan fingerprint density at radius 3 is 2.18 bits per heavy atom. The van der Waals surface area contributed by atoms with Crippen molar-refractivity contribution in [1.29, 1.82) is 0 Å². The van der Waals surface area contributed by atoms with Crippen molar-refractivity contribution in [3.05, 3.63) is 18.3 Å². The molecular formula is C8H10BrIS. The fourth-order valence-electron chi connectivity index (χ4n) is 0.716. The summed E-state index contributed by atoms with van der Waals surface area (Å²) in [6.07, 6.45) is 0. The van der Waals surface area contributed by atoms with Gasteiger partial charge < -0.3 is 0 Å². The van der Waals surface area contributed by atoms with Gasteiger partial charge in [0.25, 0.3) is 0 Å². The van der Waals surface area contributed by atoms with Crippen LogP contribution in [0.4, 0.5) is 0 Å². The van der Waals surface area contributed by atoms with Crippen molar-refractivity contribution in [3.8, 4) is 0 Å². The Hall–Kier alpha value is 0.910. The molecule has 0 nitrogen and oxygen atoms in total. The van der Waals surface area contributed by atoms with Crippen molar-refractivity contribution in [2.45, 2.75) is 26.2 Å². The Kier molecular flexibility index (Phi) is 3.03. The molecule has 0 atom stereocenters. The second-order valence-electron chi connectivity index (χ2n) is 3.48. The fourth-order valence-corrected chi connectivity index (χ4v) is 3.04. The predicted octanol–water partition coefficient (Wildman–Crippen LogP) is 4.41. The quantitative estimate of drug-likeness (QED) is 0.611. The molecule has 0 aliphatic rings. The first-order valence-electron chi connectivity index (χ1n) is 3.36. The number of hydrogen-bond acceptors (Lipinski definition) is 1. The van der Waals surface area contributed by atoms with Gasteiger partial charge in [-0.25, -0.2) is 0 Å². The highest BCUT2D eigenvalue weighted by Crippen LogP contribution is 2.36. The van der Waals surface area contributed by atoms with Gasteiger partial charge in [-0.05, 0) is 50.0 Å². The van der Waals surface area contributed by atoms with Gasteiger partial charge in [0.15, 0.2) is 0 Å². The maximum absolute atomic E-state index is 3.52. The molecule has 0 N–H and O–H groups in total. The van der Waals surface area contributed by atoms with Gasteiger partial charge >= 0.3 is 0 Å². The SMILES string of the molecule is CC(C)(C)c1cc(I)c(Br)s1. The van der Waals surface area contributed by atoms with Crippen LogP contribution in [0.25, 0.3) is 0 Å². The summed E-state index contributed by atoms with van der Waals surface area (Å²) >= 11 is 7.70. The summed E-state index contributed by atoms with van der Waals surface area (Å²) in [5.41, 5.74) is 0.288. The normalized spacial score (nSPS) is 12.1. The van der Waals surface area contributed by atoms with Gasteiger partial charge in [-0.15, -0.1) is 11.3 Å². The highest BCUT2D eigenvalue weighted by molar-refractivity contribution is 14.1. The Morgan fingerprint density at radius 1 is 1.45 bits per heavy atom. The van der Waals surface area contributed by atoms with Crippen molar-refractivity contribution in [1.82, 2.24) is 0 Å². The Bertz CT molecular complexity index is 240. The average molecular weight is 345 g/mol. The van der Waals surface area contributed by atoms with E-state index in [0.29, 0.717) is 0 Å². The molecule has 0 spiro atoms. The maximum Gasteiger partial charge on any atom is 0.0834 e. The zero-order valence-electron chi connectivity index (χ0n) is 6.74. The van der Waals surface area contributed by atoms with Crippen molar-refractivity contribution >= 4 is 49.9 Å². The number of hydrogen-bond donors (Lipinski definition) is 0. The smallest absolute Gasteiger partial charge is 0.0834 e. The molecular weight excluding hydrogens is 335 g/mol. The molecule has 1 heterocycles. The van der Waals surface area contributed by atoms with Crippen molar-refractivity contribution in [2.75, 3.05) is 0 Å². The molecule has 0 unspecified atom stereocenters. The molecule has 62 valence electrons. The molecule has 1 aromatic heterocycles. The average Bonchev–Trinajstić information content (AvgIpc) is 2.11. The highest BCUT2D eigenvalue weighted by Gasteiger charge is 2.17. The van der Waals surface area contributed by atoms with E-state index in [4.69, 9.17) is 0 Å². The minimum Gasteiger partial charge on any atom is -0.132 e. The van der Waals surface area contributed by atoms with Gasteiger partial charge in [0.1, 0.15) is 0 Å². The molecule has 1 rings (SSSR count). The van der Waals surface area contributed by atoms with E-state index in [1.165, 1.54) is 12.2 Å². The van der Waals surface area contributed by atoms with E-state index in [9.17, 15) is 0 Å². The zero-order valence-corrected chi connectivity index (χ0v) is 11.3. The summed E-state index contributed by atoms with van der Waals surface area (Å²) in [4.78, 5) is 1.44. The lowest BCUT2D eigenvalue weighted by Gasteiger charge is -2.14. The molecule has 0 saturated heterocycles. The summed E-state index contributed by atoms with van der Waals surface area (Å²) in [5.74, 6) is 0. The third-order valence-corrected chi connectivity index (χ3v) is 5.60. The van der Waals surface area contributed by atoms with Crippen LogP contribution >= 0.6 is 49.9 Å². The van der Waals surface area contributed by atoms with Gasteiger partial charge in [-0.3, -0.25) is 0 Å². The van der Waals surface area contributed by atoms with Gasteiger partial charge in [0.05, 0.1) is 3.79 Å². The maximum atomic E-state index is 3.52. The largest absolute Gasteiger partial charge is 0.132 e. The molecule has 0 saturated carbocycles. The molecule has 0 aromatic carbocycles. The molecule has 3 heteroatoms. The molecule has 0 amide bonds. The summed E-state index contributed by atoms with van der Waals surface area (Å²) < 4.78 is 2.57. The van der Waals surface area contributed by atoms with Gasteiger partial charge in [-0.1, -0.05) is 20.8 Å². The molecule has 0 radical (unpaired) electrons. The van der Waals surface area contributed by atoms with Crippen LogP contribution in [0.2, 0.25) is 0 Å². The summed E-state index contributed by atoms with van der Waals surface area (Å²) in [6, 6.07) is 2.25. The Morgan fingerprint density at radius 2 is 2.00 bits per heavy atom. The van der Waals surface area contributed by atoms with Crippen LogP contribution < -0.4 is 0 Å². The number of rotatable bonds is 0. The second kappa shape index (κ2) is 3.34. The molecule has 11 heavy (non-hydrogen) atoms. The molecule has 0 fully saturated rings.